The average Bonchev–Trinajstić information content (AvgIpc) is 2.42. The lowest BCUT2D eigenvalue weighted by Gasteiger charge is -2.14. The van der Waals surface area contributed by atoms with Gasteiger partial charge in [0.1, 0.15) is 5.75 Å². The van der Waals surface area contributed by atoms with Crippen molar-refractivity contribution in [1.82, 2.24) is 5.32 Å². The van der Waals surface area contributed by atoms with E-state index in [1.807, 2.05) is 6.92 Å². The highest BCUT2D eigenvalue weighted by Gasteiger charge is 2.11. The molecule has 1 amide bonds. The maximum Gasteiger partial charge on any atom is 0.387 e. The molecule has 0 aromatic heterocycles. The highest BCUT2D eigenvalue weighted by atomic mass is 19.3. The number of halogens is 2. The first-order valence-electron chi connectivity index (χ1n) is 6.60. The molecule has 0 aliphatic carbocycles. The lowest BCUT2D eigenvalue weighted by Crippen LogP contribution is -2.30. The number of ether oxygens (including phenoxy) is 1. The first-order chi connectivity index (χ1) is 9.56. The first-order valence-corrected chi connectivity index (χ1v) is 6.60. The molecule has 3 N–H and O–H groups in total. The van der Waals surface area contributed by atoms with E-state index in [2.05, 4.69) is 10.1 Å². The smallest absolute Gasteiger partial charge is 0.387 e. The van der Waals surface area contributed by atoms with E-state index in [0.29, 0.717) is 24.6 Å². The molecule has 0 spiro atoms. The molecule has 1 aromatic rings. The summed E-state index contributed by atoms with van der Waals surface area (Å²) in [5.41, 5.74) is 5.79. The minimum atomic E-state index is -2.90. The third-order valence-electron chi connectivity index (χ3n) is 3.02. The fourth-order valence-electron chi connectivity index (χ4n) is 1.84. The highest BCUT2D eigenvalue weighted by Crippen LogP contribution is 2.16. The maximum absolute atomic E-state index is 12.1. The van der Waals surface area contributed by atoms with E-state index in [4.69, 9.17) is 5.73 Å². The second-order valence-corrected chi connectivity index (χ2v) is 4.47. The van der Waals surface area contributed by atoms with Gasteiger partial charge in [-0.3, -0.25) is 4.79 Å². The molecule has 0 aliphatic heterocycles. The molecule has 1 atom stereocenters. The lowest BCUT2D eigenvalue weighted by atomic mass is 10.0. The second-order valence-electron chi connectivity index (χ2n) is 4.47. The van der Waals surface area contributed by atoms with Gasteiger partial charge in [-0.1, -0.05) is 19.4 Å². The largest absolute Gasteiger partial charge is 0.435 e. The third kappa shape index (κ3) is 5.52. The first kappa shape index (κ1) is 16.4. The second kappa shape index (κ2) is 8.47. The Morgan fingerprint density at radius 1 is 1.45 bits per heavy atom. The molecule has 0 aliphatic rings. The van der Waals surface area contributed by atoms with Gasteiger partial charge < -0.3 is 15.8 Å². The monoisotopic (exact) mass is 286 g/mol. The number of carbonyl (C=O) groups is 1. The Morgan fingerprint density at radius 3 is 2.80 bits per heavy atom. The molecule has 1 aromatic carbocycles. The van der Waals surface area contributed by atoms with Crippen LogP contribution < -0.4 is 15.8 Å². The van der Waals surface area contributed by atoms with Gasteiger partial charge in [0.2, 0.25) is 0 Å². The number of benzene rings is 1. The van der Waals surface area contributed by atoms with E-state index in [1.165, 1.54) is 18.2 Å². The molecule has 1 unspecified atom stereocenters. The average molecular weight is 286 g/mol. The summed E-state index contributed by atoms with van der Waals surface area (Å²) >= 11 is 0. The van der Waals surface area contributed by atoms with Gasteiger partial charge in [0.15, 0.2) is 0 Å². The van der Waals surface area contributed by atoms with Crippen LogP contribution in [0, 0.1) is 5.92 Å². The zero-order valence-corrected chi connectivity index (χ0v) is 11.4. The van der Waals surface area contributed by atoms with Crippen molar-refractivity contribution in [3.63, 3.8) is 0 Å². The minimum absolute atomic E-state index is 0.0263. The van der Waals surface area contributed by atoms with Gasteiger partial charge in [-0.15, -0.1) is 0 Å². The fourth-order valence-corrected chi connectivity index (χ4v) is 1.84. The standard InChI is InChI=1S/C14H20F2N2O2/c1-2-10(6-7-17)9-18-13(19)11-4-3-5-12(8-11)20-14(15)16/h3-5,8,10,14H,2,6-7,9,17H2,1H3,(H,18,19). The molecule has 1 rings (SSSR count). The normalized spacial score (nSPS) is 12.2. The summed E-state index contributed by atoms with van der Waals surface area (Å²) < 4.78 is 28.5. The molecule has 20 heavy (non-hydrogen) atoms. The summed E-state index contributed by atoms with van der Waals surface area (Å²) in [6, 6.07) is 5.74. The molecule has 0 radical (unpaired) electrons. The Kier molecular flexibility index (Phi) is 6.93. The summed E-state index contributed by atoms with van der Waals surface area (Å²) in [5, 5.41) is 2.78. The van der Waals surface area contributed by atoms with E-state index < -0.39 is 6.61 Å². The van der Waals surface area contributed by atoms with Gasteiger partial charge in [-0.05, 0) is 37.1 Å². The molecule has 0 saturated carbocycles. The Morgan fingerprint density at radius 2 is 2.20 bits per heavy atom. The molecule has 0 fully saturated rings. The van der Waals surface area contributed by atoms with Crippen molar-refractivity contribution in [3.8, 4) is 5.75 Å². The van der Waals surface area contributed by atoms with Crippen molar-refractivity contribution in [2.75, 3.05) is 13.1 Å². The molecule has 0 bridgehead atoms. The van der Waals surface area contributed by atoms with Crippen molar-refractivity contribution in [2.45, 2.75) is 26.4 Å². The van der Waals surface area contributed by atoms with Crippen LogP contribution in [0.3, 0.4) is 0 Å². The van der Waals surface area contributed by atoms with Gasteiger partial charge in [0.05, 0.1) is 0 Å². The number of amides is 1. The zero-order valence-electron chi connectivity index (χ0n) is 11.4. The van der Waals surface area contributed by atoms with Crippen molar-refractivity contribution >= 4 is 5.91 Å². The van der Waals surface area contributed by atoms with Crippen LogP contribution in [-0.4, -0.2) is 25.6 Å². The van der Waals surface area contributed by atoms with Crippen LogP contribution in [-0.2, 0) is 0 Å². The van der Waals surface area contributed by atoms with Gasteiger partial charge in [-0.2, -0.15) is 8.78 Å². The fraction of sp³-hybridized carbons (Fsp3) is 0.500. The summed E-state index contributed by atoms with van der Waals surface area (Å²) in [7, 11) is 0. The predicted molar refractivity (Wildman–Crippen MR) is 72.9 cm³/mol. The van der Waals surface area contributed by atoms with E-state index in [1.54, 1.807) is 6.07 Å². The van der Waals surface area contributed by atoms with Crippen LogP contribution in [0.15, 0.2) is 24.3 Å². The number of nitrogens with one attached hydrogen (secondary N) is 1. The van der Waals surface area contributed by atoms with E-state index in [0.717, 1.165) is 12.8 Å². The third-order valence-corrected chi connectivity index (χ3v) is 3.02. The Bertz CT molecular complexity index is 427. The zero-order chi connectivity index (χ0) is 15.0. The highest BCUT2D eigenvalue weighted by molar-refractivity contribution is 5.94. The predicted octanol–water partition coefficient (Wildman–Crippen LogP) is 2.39. The van der Waals surface area contributed by atoms with Crippen molar-refractivity contribution < 1.29 is 18.3 Å². The van der Waals surface area contributed by atoms with Crippen LogP contribution in [0.4, 0.5) is 8.78 Å². The summed E-state index contributed by atoms with van der Waals surface area (Å²) in [4.78, 5) is 11.9. The molecule has 112 valence electrons. The SMILES string of the molecule is CCC(CCN)CNC(=O)c1cccc(OC(F)F)c1. The molecule has 0 heterocycles. The quantitative estimate of drug-likeness (QED) is 0.771. The van der Waals surface area contributed by atoms with Crippen LogP contribution in [0.25, 0.3) is 0 Å². The Hall–Kier alpha value is -1.69. The number of hydrogen-bond donors (Lipinski definition) is 2. The molecule has 6 heteroatoms. The minimum Gasteiger partial charge on any atom is -0.435 e. The van der Waals surface area contributed by atoms with Crippen molar-refractivity contribution in [2.24, 2.45) is 11.7 Å². The Balaban J connectivity index is 2.58. The van der Waals surface area contributed by atoms with E-state index in [9.17, 15) is 13.6 Å². The summed E-state index contributed by atoms with van der Waals surface area (Å²) in [6.07, 6.45) is 1.76. The summed E-state index contributed by atoms with van der Waals surface area (Å²) in [6.45, 7) is 0.227. The topological polar surface area (TPSA) is 64.3 Å². The van der Waals surface area contributed by atoms with Gasteiger partial charge in [0.25, 0.3) is 5.91 Å². The molecule has 4 nitrogen and oxygen atoms in total. The number of rotatable bonds is 8. The van der Waals surface area contributed by atoms with Crippen LogP contribution in [0.2, 0.25) is 0 Å². The molecule has 0 saturated heterocycles. The summed E-state index contributed by atoms with van der Waals surface area (Å²) in [5.74, 6) is -0.00807. The van der Waals surface area contributed by atoms with Gasteiger partial charge in [0, 0.05) is 12.1 Å². The lowest BCUT2D eigenvalue weighted by molar-refractivity contribution is -0.0498. The van der Waals surface area contributed by atoms with Crippen LogP contribution in [0.5, 0.6) is 5.75 Å². The molecular weight excluding hydrogens is 266 g/mol. The van der Waals surface area contributed by atoms with Crippen molar-refractivity contribution in [1.29, 1.82) is 0 Å². The van der Waals surface area contributed by atoms with E-state index >= 15 is 0 Å². The van der Waals surface area contributed by atoms with Gasteiger partial charge >= 0.3 is 6.61 Å². The number of alkyl halides is 2. The number of nitrogens with two attached hydrogens (primary N) is 1. The van der Waals surface area contributed by atoms with Crippen molar-refractivity contribution in [3.05, 3.63) is 29.8 Å². The number of carbonyl (C=O) groups excluding carboxylic acids is 1. The Labute approximate surface area is 117 Å². The maximum atomic E-state index is 12.1. The molecular formula is C14H20F2N2O2. The van der Waals surface area contributed by atoms with Crippen LogP contribution in [0.1, 0.15) is 30.1 Å². The van der Waals surface area contributed by atoms with Crippen LogP contribution >= 0.6 is 0 Å². The number of hydrogen-bond acceptors (Lipinski definition) is 3. The van der Waals surface area contributed by atoms with E-state index in [-0.39, 0.29) is 11.7 Å². The van der Waals surface area contributed by atoms with Gasteiger partial charge in [-0.25, -0.2) is 0 Å².